The second-order valence-electron chi connectivity index (χ2n) is 5.54. The Labute approximate surface area is 187 Å². The second kappa shape index (κ2) is 10.0. The van der Waals surface area contributed by atoms with Gasteiger partial charge in [0.15, 0.2) is 17.6 Å². The second-order valence-corrected chi connectivity index (χ2v) is 5.54. The molecule has 0 fully saturated rings. The minimum atomic E-state index is -1.28. The molecule has 0 aromatic heterocycles. The molecule has 0 spiro atoms. The number of hydrogen-bond acceptors (Lipinski definition) is 11. The van der Waals surface area contributed by atoms with E-state index in [1.54, 1.807) is 0 Å². The van der Waals surface area contributed by atoms with Gasteiger partial charge in [0.2, 0.25) is 0 Å². The molecule has 0 saturated carbocycles. The van der Waals surface area contributed by atoms with Crippen molar-refractivity contribution in [3.63, 3.8) is 0 Å². The van der Waals surface area contributed by atoms with Crippen molar-refractivity contribution >= 4 is 17.6 Å². The van der Waals surface area contributed by atoms with Gasteiger partial charge in [0.05, 0.1) is 7.11 Å². The van der Waals surface area contributed by atoms with Gasteiger partial charge in [-0.2, -0.15) is 4.99 Å². The zero-order valence-electron chi connectivity index (χ0n) is 14.7. The summed E-state index contributed by atoms with van der Waals surface area (Å²) < 4.78 is 5.18. The Morgan fingerprint density at radius 2 is 1.76 bits per heavy atom. The first kappa shape index (κ1) is 24.5. The zero-order chi connectivity index (χ0) is 17.1. The largest absolute Gasteiger partial charge is 1.00 e. The maximum Gasteiger partial charge on any atom is 1.00 e. The van der Waals surface area contributed by atoms with Gasteiger partial charge in [0, 0.05) is 22.9 Å². The Morgan fingerprint density at radius 1 is 1.16 bits per heavy atom. The molecule has 3 unspecified atom stereocenters. The maximum absolute atomic E-state index is 10.2. The summed E-state index contributed by atoms with van der Waals surface area (Å²) in [5.74, 6) is 0.261. The third-order valence-corrected chi connectivity index (χ3v) is 3.83. The molecule has 3 atom stereocenters. The fraction of sp³-hybridized carbons (Fsp3) is 0.727. The first-order valence-corrected chi connectivity index (χ1v) is 6.64. The normalized spacial score (nSPS) is 31.4. The van der Waals surface area contributed by atoms with E-state index in [4.69, 9.17) is 10.1 Å². The molecule has 2 aliphatic heterocycles. The smallest absolute Gasteiger partial charge is 0.636 e. The van der Waals surface area contributed by atoms with E-state index < -0.39 is 11.1 Å². The van der Waals surface area contributed by atoms with Crippen molar-refractivity contribution in [1.29, 1.82) is 5.41 Å². The minimum Gasteiger partial charge on any atom is -0.636 e. The summed E-state index contributed by atoms with van der Waals surface area (Å²) in [6.07, 6.45) is 0.407. The van der Waals surface area contributed by atoms with E-state index >= 15 is 0 Å². The summed E-state index contributed by atoms with van der Waals surface area (Å²) in [7, 11) is 1.48. The summed E-state index contributed by atoms with van der Waals surface area (Å²) in [5.41, 5.74) is -2.43. The summed E-state index contributed by atoms with van der Waals surface area (Å²) >= 11 is 0. The van der Waals surface area contributed by atoms with Gasteiger partial charge in [-0.3, -0.25) is 5.41 Å². The van der Waals surface area contributed by atoms with Gasteiger partial charge in [0.25, 0.3) is 0 Å². The molecular weight excluding hydrogens is 356 g/mol. The Kier molecular flexibility index (Phi) is 9.83. The minimum absolute atomic E-state index is 0. The molecule has 0 aromatic rings. The van der Waals surface area contributed by atoms with Crippen LogP contribution >= 0.6 is 0 Å². The van der Waals surface area contributed by atoms with Gasteiger partial charge in [-0.25, -0.2) is 4.99 Å². The van der Waals surface area contributed by atoms with Crippen LogP contribution in [-0.4, -0.2) is 35.8 Å². The first-order chi connectivity index (χ1) is 10.9. The molecule has 0 aliphatic carbocycles. The van der Waals surface area contributed by atoms with E-state index in [-0.39, 0.29) is 83.1 Å². The van der Waals surface area contributed by atoms with Crippen molar-refractivity contribution in [3.05, 3.63) is 0 Å². The molecule has 0 radical (unpaired) electrons. The molecule has 14 heteroatoms. The fourth-order valence-corrected chi connectivity index (χ4v) is 2.82. The van der Waals surface area contributed by atoms with Gasteiger partial charge >= 0.3 is 59.1 Å². The van der Waals surface area contributed by atoms with E-state index in [0.29, 0.717) is 12.3 Å². The third-order valence-electron chi connectivity index (χ3n) is 3.83. The molecule has 0 aromatic carbocycles. The molecule has 2 aliphatic rings. The van der Waals surface area contributed by atoms with E-state index in [2.05, 4.69) is 40.7 Å². The van der Waals surface area contributed by atoms with Crippen LogP contribution in [0.5, 0.6) is 0 Å². The van der Waals surface area contributed by atoms with E-state index in [0.717, 1.165) is 0 Å². The van der Waals surface area contributed by atoms with Crippen LogP contribution in [0, 0.1) is 11.3 Å². The number of fused-ring (bicyclic) bond motifs is 1. The van der Waals surface area contributed by atoms with Gasteiger partial charge in [0.1, 0.15) is 11.1 Å². The van der Waals surface area contributed by atoms with Gasteiger partial charge in [-0.1, -0.05) is 6.92 Å². The van der Waals surface area contributed by atoms with Crippen LogP contribution < -0.4 is 69.6 Å². The van der Waals surface area contributed by atoms with Gasteiger partial charge in [-0.15, -0.1) is 10.2 Å². The molecule has 2 heterocycles. The number of nitrogens with zero attached hydrogens (tertiary/aromatic N) is 6. The van der Waals surface area contributed by atoms with Crippen LogP contribution in [0.2, 0.25) is 0 Å². The Balaban J connectivity index is 0.00000288. The number of amidine groups is 2. The standard InChI is InChI=1S/C11H17N7O5.2Na/c1-6-4-11(16-18-23-20)5-10(2,15-17-22-19)8(12)14-9(11)13-7(6)21-3;;/h6,12,19-20H,4-5H2,1-3H3;;/q;2*+1/p-2. The number of ether oxygens (including phenoxy) is 1. The third kappa shape index (κ3) is 5.04. The Hall–Kier alpha value is -0.470. The Bertz CT molecular complexity index is 614. The number of hydrogen-bond donors (Lipinski definition) is 1. The average Bonchev–Trinajstić information content (AvgIpc) is 2.52. The summed E-state index contributed by atoms with van der Waals surface area (Å²) in [6, 6.07) is 0. The Morgan fingerprint density at radius 3 is 2.32 bits per heavy atom. The molecule has 25 heavy (non-hydrogen) atoms. The van der Waals surface area contributed by atoms with Crippen LogP contribution in [-0.2, 0) is 14.7 Å². The van der Waals surface area contributed by atoms with Crippen LogP contribution in [0.15, 0.2) is 30.8 Å². The van der Waals surface area contributed by atoms with Crippen LogP contribution in [0.25, 0.3) is 0 Å². The SMILES string of the molecule is COC1=NC2=NC(=N)C(C)(N=NO[O-])CC2(N=NO[O-])CC1C.[Na+].[Na+]. The predicted molar refractivity (Wildman–Crippen MR) is 71.0 cm³/mol. The van der Waals surface area contributed by atoms with Crippen LogP contribution in [0.3, 0.4) is 0 Å². The molecule has 126 valence electrons. The van der Waals surface area contributed by atoms with E-state index in [1.807, 2.05) is 6.92 Å². The van der Waals surface area contributed by atoms with Crippen molar-refractivity contribution in [3.8, 4) is 0 Å². The molecule has 1 N–H and O–H groups in total. The van der Waals surface area contributed by atoms with Crippen LogP contribution in [0.4, 0.5) is 0 Å². The van der Waals surface area contributed by atoms with Gasteiger partial charge in [-0.05, 0) is 13.3 Å². The number of nitrogens with one attached hydrogen (secondary N) is 1. The number of methoxy groups -OCH3 is 1. The maximum atomic E-state index is 10.2. The zero-order valence-corrected chi connectivity index (χ0v) is 18.7. The topological polar surface area (TPSA) is 172 Å². The summed E-state index contributed by atoms with van der Waals surface area (Å²) in [4.78, 5) is 15.1. The van der Waals surface area contributed by atoms with E-state index in [1.165, 1.54) is 14.0 Å². The van der Waals surface area contributed by atoms with Crippen molar-refractivity contribution < 1.29 is 84.3 Å². The van der Waals surface area contributed by atoms with Gasteiger partial charge < -0.3 is 25.2 Å². The quantitative estimate of drug-likeness (QED) is 0.224. The molecule has 12 nitrogen and oxygen atoms in total. The predicted octanol–water partition coefficient (Wildman–Crippen LogP) is -6.33. The molecule has 0 amide bonds. The molecule has 2 rings (SSSR count). The van der Waals surface area contributed by atoms with Crippen LogP contribution in [0.1, 0.15) is 26.7 Å². The molecule has 0 bridgehead atoms. The van der Waals surface area contributed by atoms with Crippen molar-refractivity contribution in [1.82, 2.24) is 0 Å². The fourth-order valence-electron chi connectivity index (χ4n) is 2.82. The molecular formula is C11H15N7Na2O5. The molecule has 0 saturated heterocycles. The number of rotatable bonds is 4. The number of aliphatic imine (C=N–C) groups is 2. The summed E-state index contributed by atoms with van der Waals surface area (Å²) in [5, 5.41) is 41.9. The van der Waals surface area contributed by atoms with Crippen molar-refractivity contribution in [2.24, 2.45) is 36.7 Å². The van der Waals surface area contributed by atoms with Crippen molar-refractivity contribution in [2.45, 2.75) is 37.8 Å². The monoisotopic (exact) mass is 371 g/mol. The van der Waals surface area contributed by atoms with E-state index in [9.17, 15) is 10.5 Å². The average molecular weight is 371 g/mol. The first-order valence-electron chi connectivity index (χ1n) is 6.64. The van der Waals surface area contributed by atoms with Crippen molar-refractivity contribution in [2.75, 3.05) is 7.11 Å². The summed E-state index contributed by atoms with van der Waals surface area (Å²) in [6.45, 7) is 3.39.